The Balaban J connectivity index is 1.87. The largest absolute Gasteiger partial charge is 0.321 e. The van der Waals surface area contributed by atoms with Crippen LogP contribution >= 0.6 is 0 Å². The Labute approximate surface area is 119 Å². The van der Waals surface area contributed by atoms with Crippen LogP contribution in [0.15, 0.2) is 54.7 Å². The highest BCUT2D eigenvalue weighted by atomic mass is 19.2. The number of pyridine rings is 1. The van der Waals surface area contributed by atoms with Gasteiger partial charge in [-0.1, -0.05) is 24.3 Å². The lowest BCUT2D eigenvalue weighted by atomic mass is 10.1. The fourth-order valence-corrected chi connectivity index (χ4v) is 1.98. The summed E-state index contributed by atoms with van der Waals surface area (Å²) in [7, 11) is 0. The molecule has 0 spiro atoms. The highest BCUT2D eigenvalue weighted by Crippen LogP contribution is 2.16. The van der Waals surface area contributed by atoms with E-state index in [-0.39, 0.29) is 11.4 Å². The number of nitrogens with one attached hydrogen (secondary N) is 1. The van der Waals surface area contributed by atoms with Crippen molar-refractivity contribution in [2.24, 2.45) is 0 Å². The van der Waals surface area contributed by atoms with E-state index in [1.807, 2.05) is 24.3 Å². The van der Waals surface area contributed by atoms with E-state index in [1.165, 1.54) is 6.07 Å². The average Bonchev–Trinajstić information content (AvgIpc) is 2.50. The van der Waals surface area contributed by atoms with Gasteiger partial charge in [0.1, 0.15) is 5.69 Å². The minimum absolute atomic E-state index is 0.175. The quantitative estimate of drug-likeness (QED) is 0.778. The highest BCUT2D eigenvalue weighted by molar-refractivity contribution is 6.04. The minimum Gasteiger partial charge on any atom is -0.321 e. The lowest BCUT2D eigenvalue weighted by molar-refractivity contribution is 0.102. The van der Waals surface area contributed by atoms with Crippen molar-refractivity contribution in [3.63, 3.8) is 0 Å². The molecule has 3 nitrogen and oxygen atoms in total. The molecule has 0 saturated carbocycles. The summed E-state index contributed by atoms with van der Waals surface area (Å²) in [6.45, 7) is 0. The lowest BCUT2D eigenvalue weighted by Crippen LogP contribution is -2.13. The molecule has 1 N–H and O–H groups in total. The van der Waals surface area contributed by atoms with Gasteiger partial charge in [0.15, 0.2) is 11.6 Å². The molecule has 0 fully saturated rings. The third-order valence-corrected chi connectivity index (χ3v) is 3.04. The summed E-state index contributed by atoms with van der Waals surface area (Å²) in [6.07, 6.45) is 1.59. The second kappa shape index (κ2) is 5.28. The molecule has 0 aliphatic rings. The van der Waals surface area contributed by atoms with Crippen LogP contribution < -0.4 is 5.32 Å². The van der Waals surface area contributed by atoms with Crippen molar-refractivity contribution in [2.75, 3.05) is 5.32 Å². The van der Waals surface area contributed by atoms with Crippen LogP contribution in [0.4, 0.5) is 14.5 Å². The van der Waals surface area contributed by atoms with Crippen molar-refractivity contribution in [3.05, 3.63) is 72.1 Å². The maximum atomic E-state index is 13.1. The minimum atomic E-state index is -1.01. The Morgan fingerprint density at radius 1 is 0.952 bits per heavy atom. The molecule has 0 unspecified atom stereocenters. The molecule has 2 aromatic carbocycles. The average molecular weight is 284 g/mol. The number of hydrogen-bond acceptors (Lipinski definition) is 2. The highest BCUT2D eigenvalue weighted by Gasteiger charge is 2.10. The number of aromatic nitrogens is 1. The van der Waals surface area contributed by atoms with Gasteiger partial charge >= 0.3 is 0 Å². The second-order valence-corrected chi connectivity index (χ2v) is 4.50. The number of benzene rings is 2. The topological polar surface area (TPSA) is 42.0 Å². The SMILES string of the molecule is O=C(Nc1ccc(F)c(F)c1)c1cc2ccccc2cn1. The van der Waals surface area contributed by atoms with Crippen molar-refractivity contribution < 1.29 is 13.6 Å². The Morgan fingerprint density at radius 3 is 2.48 bits per heavy atom. The van der Waals surface area contributed by atoms with E-state index in [2.05, 4.69) is 10.3 Å². The molecule has 1 heterocycles. The molecule has 0 bridgehead atoms. The van der Waals surface area contributed by atoms with E-state index in [9.17, 15) is 13.6 Å². The molecule has 21 heavy (non-hydrogen) atoms. The molecule has 0 aliphatic heterocycles. The summed E-state index contributed by atoms with van der Waals surface area (Å²) in [5.41, 5.74) is 0.382. The standard InChI is InChI=1S/C16H10F2N2O/c17-13-6-5-12(8-14(13)18)20-16(21)15-7-10-3-1-2-4-11(10)9-19-15/h1-9H,(H,20,21). The Hall–Kier alpha value is -2.82. The van der Waals surface area contributed by atoms with Crippen molar-refractivity contribution in [1.82, 2.24) is 4.98 Å². The van der Waals surface area contributed by atoms with E-state index >= 15 is 0 Å². The number of hydrogen-bond donors (Lipinski definition) is 1. The summed E-state index contributed by atoms with van der Waals surface area (Å²) in [6, 6.07) is 12.3. The van der Waals surface area contributed by atoms with Crippen LogP contribution in [0.2, 0.25) is 0 Å². The predicted molar refractivity (Wildman–Crippen MR) is 76.1 cm³/mol. The normalized spacial score (nSPS) is 10.6. The van der Waals surface area contributed by atoms with Crippen LogP contribution in [-0.2, 0) is 0 Å². The first-order chi connectivity index (χ1) is 10.1. The van der Waals surface area contributed by atoms with Gasteiger partial charge in [-0.05, 0) is 23.6 Å². The maximum Gasteiger partial charge on any atom is 0.274 e. The Kier molecular flexibility index (Phi) is 3.31. The zero-order valence-corrected chi connectivity index (χ0v) is 10.8. The Bertz CT molecular complexity index is 833. The van der Waals surface area contributed by atoms with Gasteiger partial charge in [-0.2, -0.15) is 0 Å². The molecule has 0 radical (unpaired) electrons. The molecular weight excluding hydrogens is 274 g/mol. The van der Waals surface area contributed by atoms with Gasteiger partial charge in [0.05, 0.1) is 0 Å². The van der Waals surface area contributed by atoms with Gasteiger partial charge in [0, 0.05) is 23.3 Å². The number of anilines is 1. The summed E-state index contributed by atoms with van der Waals surface area (Å²) in [4.78, 5) is 16.1. The molecule has 1 amide bonds. The van der Waals surface area contributed by atoms with Crippen molar-refractivity contribution >= 4 is 22.4 Å². The summed E-state index contributed by atoms with van der Waals surface area (Å²) in [5, 5.41) is 4.28. The summed E-state index contributed by atoms with van der Waals surface area (Å²) < 4.78 is 25.9. The molecule has 0 atom stereocenters. The molecule has 5 heteroatoms. The number of fused-ring (bicyclic) bond motifs is 1. The van der Waals surface area contributed by atoms with Gasteiger partial charge in [0.25, 0.3) is 5.91 Å². The number of nitrogens with zero attached hydrogens (tertiary/aromatic N) is 1. The molecular formula is C16H10F2N2O. The molecule has 1 aromatic heterocycles. The second-order valence-electron chi connectivity index (χ2n) is 4.50. The van der Waals surface area contributed by atoms with Crippen LogP contribution in [-0.4, -0.2) is 10.9 Å². The molecule has 104 valence electrons. The van der Waals surface area contributed by atoms with E-state index < -0.39 is 17.5 Å². The number of halogens is 2. The number of rotatable bonds is 2. The van der Waals surface area contributed by atoms with Crippen LogP contribution in [0.25, 0.3) is 10.8 Å². The predicted octanol–water partition coefficient (Wildman–Crippen LogP) is 3.77. The molecule has 0 saturated heterocycles. The fourth-order valence-electron chi connectivity index (χ4n) is 1.98. The van der Waals surface area contributed by atoms with Gasteiger partial charge in [-0.3, -0.25) is 9.78 Å². The number of amides is 1. The lowest BCUT2D eigenvalue weighted by Gasteiger charge is -2.06. The van der Waals surface area contributed by atoms with E-state index in [0.717, 1.165) is 22.9 Å². The van der Waals surface area contributed by atoms with Crippen LogP contribution in [0.1, 0.15) is 10.5 Å². The van der Waals surface area contributed by atoms with E-state index in [4.69, 9.17) is 0 Å². The van der Waals surface area contributed by atoms with Crippen molar-refractivity contribution in [2.45, 2.75) is 0 Å². The fraction of sp³-hybridized carbons (Fsp3) is 0. The third kappa shape index (κ3) is 2.72. The van der Waals surface area contributed by atoms with Crippen molar-refractivity contribution in [3.8, 4) is 0 Å². The van der Waals surface area contributed by atoms with Crippen molar-refractivity contribution in [1.29, 1.82) is 0 Å². The number of carbonyl (C=O) groups excluding carboxylic acids is 1. The monoisotopic (exact) mass is 284 g/mol. The summed E-state index contributed by atoms with van der Waals surface area (Å²) >= 11 is 0. The zero-order valence-electron chi connectivity index (χ0n) is 10.8. The third-order valence-electron chi connectivity index (χ3n) is 3.04. The van der Waals surface area contributed by atoms with Crippen LogP contribution in [0, 0.1) is 11.6 Å². The van der Waals surface area contributed by atoms with Crippen LogP contribution in [0.5, 0.6) is 0 Å². The number of carbonyl (C=O) groups is 1. The van der Waals surface area contributed by atoms with Gasteiger partial charge in [-0.25, -0.2) is 8.78 Å². The Morgan fingerprint density at radius 2 is 1.71 bits per heavy atom. The first-order valence-corrected chi connectivity index (χ1v) is 6.25. The van der Waals surface area contributed by atoms with Gasteiger partial charge in [-0.15, -0.1) is 0 Å². The molecule has 3 aromatic rings. The summed E-state index contributed by atoms with van der Waals surface area (Å²) in [5.74, 6) is -2.46. The van der Waals surface area contributed by atoms with Crippen LogP contribution in [0.3, 0.4) is 0 Å². The van der Waals surface area contributed by atoms with Gasteiger partial charge in [0.2, 0.25) is 0 Å². The van der Waals surface area contributed by atoms with E-state index in [0.29, 0.717) is 0 Å². The van der Waals surface area contributed by atoms with Gasteiger partial charge < -0.3 is 5.32 Å². The smallest absolute Gasteiger partial charge is 0.274 e. The zero-order chi connectivity index (χ0) is 14.8. The first-order valence-electron chi connectivity index (χ1n) is 6.25. The maximum absolute atomic E-state index is 13.1. The van der Waals surface area contributed by atoms with E-state index in [1.54, 1.807) is 12.3 Å². The molecule has 0 aliphatic carbocycles. The first kappa shape index (κ1) is 13.2. The molecule has 3 rings (SSSR count).